The molecule has 1 atom stereocenters. The molecule has 6 nitrogen and oxygen atoms in total. The lowest BCUT2D eigenvalue weighted by molar-refractivity contribution is -0.118. The Kier molecular flexibility index (Phi) is 5.06. The van der Waals surface area contributed by atoms with Crippen molar-refractivity contribution >= 4 is 17.5 Å². The van der Waals surface area contributed by atoms with Crippen LogP contribution in [0.15, 0.2) is 42.5 Å². The van der Waals surface area contributed by atoms with Gasteiger partial charge >= 0.3 is 0 Å². The molecule has 1 aliphatic rings. The number of fused-ring (bicyclic) bond motifs is 1. The van der Waals surface area contributed by atoms with Crippen molar-refractivity contribution in [1.82, 2.24) is 5.32 Å². The number of halogens is 1. The molecule has 0 aliphatic carbocycles. The van der Waals surface area contributed by atoms with Gasteiger partial charge in [0.1, 0.15) is 11.9 Å². The minimum absolute atomic E-state index is 0.103. The molecule has 136 valence electrons. The summed E-state index contributed by atoms with van der Waals surface area (Å²) < 4.78 is 24.3. The van der Waals surface area contributed by atoms with E-state index in [4.69, 9.17) is 9.47 Å². The first-order valence-corrected chi connectivity index (χ1v) is 8.21. The number of carbonyl (C=O) groups excluding carboxylic acids is 2. The summed E-state index contributed by atoms with van der Waals surface area (Å²) in [5.74, 6) is -0.717. The molecule has 0 saturated heterocycles. The van der Waals surface area contributed by atoms with Crippen molar-refractivity contribution in [3.63, 3.8) is 0 Å². The Morgan fingerprint density at radius 2 is 1.81 bits per heavy atom. The van der Waals surface area contributed by atoms with Crippen LogP contribution in [0.2, 0.25) is 0 Å². The number of benzene rings is 2. The van der Waals surface area contributed by atoms with Crippen molar-refractivity contribution in [3.05, 3.63) is 53.8 Å². The second-order valence-electron chi connectivity index (χ2n) is 6.23. The highest BCUT2D eigenvalue weighted by molar-refractivity contribution is 6.01. The zero-order valence-electron chi connectivity index (χ0n) is 14.4. The third-order valence-electron chi connectivity index (χ3n) is 3.99. The van der Waals surface area contributed by atoms with Crippen LogP contribution in [0.1, 0.15) is 24.2 Å². The molecule has 0 fully saturated rings. The molecule has 0 aromatic heterocycles. The number of carbonyl (C=O) groups is 2. The summed E-state index contributed by atoms with van der Waals surface area (Å²) in [5, 5.41) is 5.34. The first-order chi connectivity index (χ1) is 12.5. The molecule has 7 heteroatoms. The SMILES string of the molecule is CC(C)[C@H](NC(=O)c1ccccc1F)C(=O)Nc1ccc2c(c1)OCO2. The van der Waals surface area contributed by atoms with E-state index in [-0.39, 0.29) is 18.3 Å². The van der Waals surface area contributed by atoms with E-state index in [1.807, 2.05) is 0 Å². The van der Waals surface area contributed by atoms with E-state index >= 15 is 0 Å². The highest BCUT2D eigenvalue weighted by atomic mass is 19.1. The van der Waals surface area contributed by atoms with Gasteiger partial charge in [0.05, 0.1) is 5.56 Å². The summed E-state index contributed by atoms with van der Waals surface area (Å²) in [5.41, 5.74) is 0.416. The van der Waals surface area contributed by atoms with E-state index in [0.717, 1.165) is 0 Å². The van der Waals surface area contributed by atoms with Gasteiger partial charge in [0.25, 0.3) is 5.91 Å². The van der Waals surface area contributed by atoms with Crippen LogP contribution >= 0.6 is 0 Å². The topological polar surface area (TPSA) is 76.7 Å². The molecule has 1 aliphatic heterocycles. The van der Waals surface area contributed by atoms with E-state index in [1.54, 1.807) is 38.1 Å². The van der Waals surface area contributed by atoms with Crippen LogP contribution in [-0.4, -0.2) is 24.6 Å². The molecule has 3 rings (SSSR count). The summed E-state index contributed by atoms with van der Waals surface area (Å²) >= 11 is 0. The molecule has 2 N–H and O–H groups in total. The fourth-order valence-electron chi connectivity index (χ4n) is 2.59. The number of anilines is 1. The standard InChI is InChI=1S/C19H19FN2O4/c1-11(2)17(22-18(23)13-5-3-4-6-14(13)20)19(24)21-12-7-8-15-16(9-12)26-10-25-15/h3-9,11,17H,10H2,1-2H3,(H,21,24)(H,22,23)/t17-/m0/s1. The number of rotatable bonds is 5. The van der Waals surface area contributed by atoms with Crippen LogP contribution in [-0.2, 0) is 4.79 Å². The maximum atomic E-state index is 13.8. The van der Waals surface area contributed by atoms with Gasteiger partial charge in [0, 0.05) is 11.8 Å². The third kappa shape index (κ3) is 3.77. The van der Waals surface area contributed by atoms with E-state index < -0.39 is 23.7 Å². The first-order valence-electron chi connectivity index (χ1n) is 8.21. The Labute approximate surface area is 150 Å². The summed E-state index contributed by atoms with van der Waals surface area (Å²) in [6.07, 6.45) is 0. The minimum atomic E-state index is -0.826. The van der Waals surface area contributed by atoms with E-state index in [2.05, 4.69) is 10.6 Å². The molecule has 2 aromatic rings. The fraction of sp³-hybridized carbons (Fsp3) is 0.263. The lowest BCUT2D eigenvalue weighted by Crippen LogP contribution is -2.47. The predicted molar refractivity (Wildman–Crippen MR) is 93.7 cm³/mol. The molecule has 1 heterocycles. The Morgan fingerprint density at radius 3 is 2.54 bits per heavy atom. The van der Waals surface area contributed by atoms with Crippen molar-refractivity contribution in [3.8, 4) is 11.5 Å². The van der Waals surface area contributed by atoms with Crippen molar-refractivity contribution in [1.29, 1.82) is 0 Å². The first kappa shape index (κ1) is 17.7. The van der Waals surface area contributed by atoms with Gasteiger partial charge in [0.2, 0.25) is 12.7 Å². The van der Waals surface area contributed by atoms with Gasteiger partial charge in [-0.05, 0) is 30.2 Å². The Balaban J connectivity index is 1.72. The van der Waals surface area contributed by atoms with E-state index in [0.29, 0.717) is 17.2 Å². The maximum absolute atomic E-state index is 13.8. The van der Waals surface area contributed by atoms with Gasteiger partial charge in [-0.25, -0.2) is 4.39 Å². The summed E-state index contributed by atoms with van der Waals surface area (Å²) in [7, 11) is 0. The molecule has 0 radical (unpaired) electrons. The van der Waals surface area contributed by atoms with Crippen LogP contribution in [0, 0.1) is 11.7 Å². The highest BCUT2D eigenvalue weighted by Crippen LogP contribution is 2.34. The monoisotopic (exact) mass is 358 g/mol. The molecular weight excluding hydrogens is 339 g/mol. The van der Waals surface area contributed by atoms with Crippen molar-refractivity contribution in [2.75, 3.05) is 12.1 Å². The van der Waals surface area contributed by atoms with Gasteiger partial charge in [-0.15, -0.1) is 0 Å². The quantitative estimate of drug-likeness (QED) is 0.862. The van der Waals surface area contributed by atoms with Crippen LogP contribution < -0.4 is 20.1 Å². The van der Waals surface area contributed by atoms with Crippen LogP contribution in [0.5, 0.6) is 11.5 Å². The van der Waals surface area contributed by atoms with Crippen molar-refractivity contribution < 1.29 is 23.5 Å². The van der Waals surface area contributed by atoms with Gasteiger partial charge in [-0.1, -0.05) is 26.0 Å². The zero-order chi connectivity index (χ0) is 18.7. The molecule has 0 saturated carbocycles. The minimum Gasteiger partial charge on any atom is -0.454 e. The van der Waals surface area contributed by atoms with E-state index in [1.165, 1.54) is 18.2 Å². The molecule has 0 spiro atoms. The Morgan fingerprint density at radius 1 is 1.08 bits per heavy atom. The lowest BCUT2D eigenvalue weighted by atomic mass is 10.0. The Hall–Kier alpha value is -3.09. The highest BCUT2D eigenvalue weighted by Gasteiger charge is 2.26. The predicted octanol–water partition coefficient (Wildman–Crippen LogP) is 2.95. The van der Waals surface area contributed by atoms with Gasteiger partial charge in [0.15, 0.2) is 11.5 Å². The average Bonchev–Trinajstić information content (AvgIpc) is 3.07. The fourth-order valence-corrected chi connectivity index (χ4v) is 2.59. The number of hydrogen-bond acceptors (Lipinski definition) is 4. The van der Waals surface area contributed by atoms with E-state index in [9.17, 15) is 14.0 Å². The molecule has 26 heavy (non-hydrogen) atoms. The number of hydrogen-bond donors (Lipinski definition) is 2. The van der Waals surface area contributed by atoms with Crippen molar-refractivity contribution in [2.45, 2.75) is 19.9 Å². The van der Waals surface area contributed by atoms with Crippen LogP contribution in [0.3, 0.4) is 0 Å². The average molecular weight is 358 g/mol. The molecular formula is C19H19FN2O4. The summed E-state index contributed by atoms with van der Waals surface area (Å²) in [6, 6.07) is 9.84. The third-order valence-corrected chi connectivity index (χ3v) is 3.99. The summed E-state index contributed by atoms with van der Waals surface area (Å²) in [4.78, 5) is 24.9. The van der Waals surface area contributed by atoms with Crippen LogP contribution in [0.4, 0.5) is 10.1 Å². The Bertz CT molecular complexity index is 838. The lowest BCUT2D eigenvalue weighted by Gasteiger charge is -2.22. The second-order valence-corrected chi connectivity index (χ2v) is 6.23. The number of ether oxygens (including phenoxy) is 2. The second kappa shape index (κ2) is 7.43. The smallest absolute Gasteiger partial charge is 0.254 e. The number of nitrogens with one attached hydrogen (secondary N) is 2. The molecule has 2 amide bonds. The maximum Gasteiger partial charge on any atom is 0.254 e. The van der Waals surface area contributed by atoms with Gasteiger partial charge in [-0.3, -0.25) is 9.59 Å². The van der Waals surface area contributed by atoms with Crippen molar-refractivity contribution in [2.24, 2.45) is 5.92 Å². The van der Waals surface area contributed by atoms with Crippen LogP contribution in [0.25, 0.3) is 0 Å². The molecule has 0 unspecified atom stereocenters. The normalized spacial score (nSPS) is 13.4. The van der Waals surface area contributed by atoms with Gasteiger partial charge in [-0.2, -0.15) is 0 Å². The summed E-state index contributed by atoms with van der Waals surface area (Å²) in [6.45, 7) is 3.73. The molecule has 2 aromatic carbocycles. The van der Waals surface area contributed by atoms with Gasteiger partial charge < -0.3 is 20.1 Å². The largest absolute Gasteiger partial charge is 0.454 e. The molecule has 0 bridgehead atoms. The zero-order valence-corrected chi connectivity index (χ0v) is 14.4. The number of amides is 2.